The Kier molecular flexibility index (Phi) is 4.97. The molecule has 4 heterocycles. The Hall–Kier alpha value is -3.56. The van der Waals surface area contributed by atoms with Gasteiger partial charge in [-0.25, -0.2) is 14.5 Å². The van der Waals surface area contributed by atoms with Crippen molar-refractivity contribution >= 4 is 33.6 Å². The van der Waals surface area contributed by atoms with Crippen LogP contribution in [-0.4, -0.2) is 25.1 Å². The fourth-order valence-corrected chi connectivity index (χ4v) is 4.84. The van der Waals surface area contributed by atoms with Crippen LogP contribution in [0, 0.1) is 6.92 Å². The van der Waals surface area contributed by atoms with Crippen LogP contribution in [0.5, 0.6) is 0 Å². The first-order chi connectivity index (χ1) is 15.1. The molecule has 0 saturated heterocycles. The fraction of sp³-hybridized carbons (Fsp3) is 0.0909. The van der Waals surface area contributed by atoms with Gasteiger partial charge in [0.05, 0.1) is 16.3 Å². The first-order valence-electron chi connectivity index (χ1n) is 9.43. The SMILES string of the molecule is Cc1csc2nc(COC(=O)c3cn(-c4ccccc4)nc3-c3cccs3)cc(=O)n12. The van der Waals surface area contributed by atoms with Crippen LogP contribution >= 0.6 is 22.7 Å². The molecule has 7 nitrogen and oxygen atoms in total. The van der Waals surface area contributed by atoms with Crippen molar-refractivity contribution in [2.75, 3.05) is 0 Å². The Balaban J connectivity index is 1.45. The monoisotopic (exact) mass is 448 g/mol. The summed E-state index contributed by atoms with van der Waals surface area (Å²) in [5.74, 6) is -0.519. The van der Waals surface area contributed by atoms with E-state index in [0.29, 0.717) is 21.9 Å². The molecule has 4 aromatic heterocycles. The number of carbonyl (C=O) groups excluding carboxylic acids is 1. The predicted octanol–water partition coefficient (Wildman–Crippen LogP) is 4.34. The lowest BCUT2D eigenvalue weighted by Crippen LogP contribution is -2.16. The van der Waals surface area contributed by atoms with E-state index in [0.717, 1.165) is 16.3 Å². The van der Waals surface area contributed by atoms with Crippen molar-refractivity contribution in [3.05, 3.63) is 92.8 Å². The first kappa shape index (κ1) is 19.4. The lowest BCUT2D eigenvalue weighted by Gasteiger charge is -2.04. The third-order valence-corrected chi connectivity index (χ3v) is 6.51. The van der Waals surface area contributed by atoms with E-state index in [-0.39, 0.29) is 12.2 Å². The molecule has 0 N–H and O–H groups in total. The van der Waals surface area contributed by atoms with Gasteiger partial charge >= 0.3 is 5.97 Å². The molecule has 9 heteroatoms. The maximum atomic E-state index is 13.0. The van der Waals surface area contributed by atoms with Gasteiger partial charge in [0.1, 0.15) is 17.9 Å². The summed E-state index contributed by atoms with van der Waals surface area (Å²) in [7, 11) is 0. The van der Waals surface area contributed by atoms with Gasteiger partial charge in [-0.2, -0.15) is 5.10 Å². The summed E-state index contributed by atoms with van der Waals surface area (Å²) in [6, 6.07) is 14.8. The highest BCUT2D eigenvalue weighted by Gasteiger charge is 2.21. The van der Waals surface area contributed by atoms with Gasteiger partial charge in [0.25, 0.3) is 5.56 Å². The third-order valence-electron chi connectivity index (χ3n) is 4.69. The summed E-state index contributed by atoms with van der Waals surface area (Å²) in [5.41, 5.74) is 2.80. The fourth-order valence-electron chi connectivity index (χ4n) is 3.22. The molecule has 0 atom stereocenters. The molecule has 0 aliphatic rings. The number of thiazole rings is 1. The lowest BCUT2D eigenvalue weighted by atomic mass is 10.2. The zero-order valence-electron chi connectivity index (χ0n) is 16.4. The number of fused-ring (bicyclic) bond motifs is 1. The van der Waals surface area contributed by atoms with Crippen molar-refractivity contribution in [2.45, 2.75) is 13.5 Å². The Labute approximate surface area is 184 Å². The minimum Gasteiger partial charge on any atom is -0.455 e. The number of rotatable bonds is 5. The second kappa shape index (κ2) is 7.93. The van der Waals surface area contributed by atoms with Crippen LogP contribution in [0.1, 0.15) is 21.7 Å². The summed E-state index contributed by atoms with van der Waals surface area (Å²) in [6.07, 6.45) is 1.67. The number of aromatic nitrogens is 4. The molecule has 5 rings (SSSR count). The molecule has 0 amide bonds. The molecule has 0 aliphatic heterocycles. The van der Waals surface area contributed by atoms with Crippen molar-refractivity contribution in [3.8, 4) is 16.3 Å². The van der Waals surface area contributed by atoms with E-state index in [1.807, 2.05) is 60.1 Å². The largest absolute Gasteiger partial charge is 0.455 e. The van der Waals surface area contributed by atoms with Crippen molar-refractivity contribution < 1.29 is 9.53 Å². The van der Waals surface area contributed by atoms with Gasteiger partial charge in [-0.3, -0.25) is 9.20 Å². The highest BCUT2D eigenvalue weighted by Crippen LogP contribution is 2.28. The second-order valence-corrected chi connectivity index (χ2v) is 8.59. The number of thiophene rings is 1. The third kappa shape index (κ3) is 3.69. The molecule has 0 aliphatic carbocycles. The zero-order chi connectivity index (χ0) is 21.4. The minimum absolute atomic E-state index is 0.0953. The number of esters is 1. The average molecular weight is 449 g/mol. The van der Waals surface area contributed by atoms with Crippen LogP contribution in [0.3, 0.4) is 0 Å². The quantitative estimate of drug-likeness (QED) is 0.374. The molecule has 31 heavy (non-hydrogen) atoms. The van der Waals surface area contributed by atoms with E-state index in [1.54, 1.807) is 10.9 Å². The molecule has 0 radical (unpaired) electrons. The van der Waals surface area contributed by atoms with E-state index < -0.39 is 5.97 Å². The molecule has 5 aromatic rings. The van der Waals surface area contributed by atoms with E-state index in [9.17, 15) is 9.59 Å². The Bertz CT molecular complexity index is 1430. The van der Waals surface area contributed by atoms with Gasteiger partial charge in [-0.05, 0) is 30.5 Å². The van der Waals surface area contributed by atoms with Crippen molar-refractivity contribution in [1.82, 2.24) is 19.2 Å². The maximum Gasteiger partial charge on any atom is 0.342 e. The van der Waals surface area contributed by atoms with Crippen LogP contribution in [0.2, 0.25) is 0 Å². The molecule has 0 fully saturated rings. The smallest absolute Gasteiger partial charge is 0.342 e. The summed E-state index contributed by atoms with van der Waals surface area (Å²) in [4.78, 5) is 31.2. The Morgan fingerprint density at radius 3 is 2.74 bits per heavy atom. The van der Waals surface area contributed by atoms with Gasteiger partial charge in [0.2, 0.25) is 0 Å². The van der Waals surface area contributed by atoms with Crippen molar-refractivity contribution in [1.29, 1.82) is 0 Å². The van der Waals surface area contributed by atoms with E-state index >= 15 is 0 Å². The van der Waals surface area contributed by atoms with Crippen LogP contribution < -0.4 is 5.56 Å². The molecule has 0 bridgehead atoms. The number of para-hydroxylation sites is 1. The molecule has 0 unspecified atom stereocenters. The van der Waals surface area contributed by atoms with Crippen LogP contribution in [0.25, 0.3) is 21.2 Å². The number of aryl methyl sites for hydroxylation is 1. The number of ether oxygens (including phenoxy) is 1. The molecule has 0 saturated carbocycles. The summed E-state index contributed by atoms with van der Waals surface area (Å²) in [6.45, 7) is 1.75. The van der Waals surface area contributed by atoms with Gasteiger partial charge in [-0.15, -0.1) is 22.7 Å². The topological polar surface area (TPSA) is 78.5 Å². The van der Waals surface area contributed by atoms with Crippen LogP contribution in [-0.2, 0) is 11.3 Å². The average Bonchev–Trinajstić information content (AvgIpc) is 3.52. The summed E-state index contributed by atoms with van der Waals surface area (Å²) in [5, 5.41) is 8.41. The Morgan fingerprint density at radius 2 is 1.97 bits per heavy atom. The normalized spacial score (nSPS) is 11.1. The lowest BCUT2D eigenvalue weighted by molar-refractivity contribution is 0.0468. The van der Waals surface area contributed by atoms with Gasteiger partial charge in [0.15, 0.2) is 4.96 Å². The van der Waals surface area contributed by atoms with Gasteiger partial charge in [-0.1, -0.05) is 24.3 Å². The molecule has 154 valence electrons. The number of benzene rings is 1. The Morgan fingerprint density at radius 1 is 1.13 bits per heavy atom. The van der Waals surface area contributed by atoms with Crippen LogP contribution in [0.4, 0.5) is 0 Å². The summed E-state index contributed by atoms with van der Waals surface area (Å²) >= 11 is 2.87. The number of carbonyl (C=O) groups is 1. The van der Waals surface area contributed by atoms with Gasteiger partial charge < -0.3 is 4.74 Å². The molecular formula is C22H16N4O3S2. The second-order valence-electron chi connectivity index (χ2n) is 6.81. The van der Waals surface area contributed by atoms with E-state index in [2.05, 4.69) is 10.1 Å². The highest BCUT2D eigenvalue weighted by molar-refractivity contribution is 7.15. The van der Waals surface area contributed by atoms with E-state index in [4.69, 9.17) is 4.74 Å². The maximum absolute atomic E-state index is 13.0. The predicted molar refractivity (Wildman–Crippen MR) is 120 cm³/mol. The number of hydrogen-bond donors (Lipinski definition) is 0. The zero-order valence-corrected chi connectivity index (χ0v) is 18.0. The standard InChI is InChI=1S/C22H16N4O3S2/c1-14-13-31-22-23-15(10-19(27)26(14)22)12-29-21(28)17-11-25(16-6-3-2-4-7-16)24-20(17)18-8-5-9-30-18/h2-11,13H,12H2,1H3. The van der Waals surface area contributed by atoms with E-state index in [1.165, 1.54) is 33.1 Å². The first-order valence-corrected chi connectivity index (χ1v) is 11.2. The number of nitrogens with zero attached hydrogens (tertiary/aromatic N) is 4. The number of hydrogen-bond acceptors (Lipinski definition) is 7. The van der Waals surface area contributed by atoms with Gasteiger partial charge in [0, 0.05) is 23.3 Å². The molecule has 1 aromatic carbocycles. The van der Waals surface area contributed by atoms with Crippen molar-refractivity contribution in [3.63, 3.8) is 0 Å². The highest BCUT2D eigenvalue weighted by atomic mass is 32.1. The molecule has 0 spiro atoms. The van der Waals surface area contributed by atoms with Crippen LogP contribution in [0.15, 0.2) is 70.3 Å². The molecular weight excluding hydrogens is 432 g/mol. The minimum atomic E-state index is -0.519. The van der Waals surface area contributed by atoms with Crippen molar-refractivity contribution in [2.24, 2.45) is 0 Å². The summed E-state index contributed by atoms with van der Waals surface area (Å²) < 4.78 is 8.72.